The molecule has 0 unspecified atom stereocenters. The van der Waals surface area contributed by atoms with E-state index in [-0.39, 0.29) is 12.1 Å². The summed E-state index contributed by atoms with van der Waals surface area (Å²) in [6.07, 6.45) is 1.86. The van der Waals surface area contributed by atoms with Gasteiger partial charge in [0, 0.05) is 22.0 Å². The van der Waals surface area contributed by atoms with E-state index in [9.17, 15) is 4.79 Å². The van der Waals surface area contributed by atoms with Crippen LogP contribution >= 0.6 is 22.6 Å². The molecule has 0 aromatic heterocycles. The molecule has 1 fully saturated rings. The third-order valence-corrected chi connectivity index (χ3v) is 4.16. The minimum Gasteiger partial charge on any atom is -0.353 e. The third-order valence-electron chi connectivity index (χ3n) is 3.00. The van der Waals surface area contributed by atoms with Crippen LogP contribution in [0.3, 0.4) is 0 Å². The summed E-state index contributed by atoms with van der Waals surface area (Å²) in [5.74, 6) is 0.158. The van der Waals surface area contributed by atoms with Crippen molar-refractivity contribution in [3.05, 3.63) is 32.9 Å². The second-order valence-electron chi connectivity index (χ2n) is 4.45. The van der Waals surface area contributed by atoms with Gasteiger partial charge in [-0.15, -0.1) is 0 Å². The highest BCUT2D eigenvalue weighted by atomic mass is 127. The molecule has 18 heavy (non-hydrogen) atoms. The van der Waals surface area contributed by atoms with Crippen LogP contribution in [0.5, 0.6) is 0 Å². The van der Waals surface area contributed by atoms with Crippen molar-refractivity contribution < 1.29 is 14.3 Å². The lowest BCUT2D eigenvalue weighted by atomic mass is 10.0. The van der Waals surface area contributed by atoms with E-state index >= 15 is 0 Å². The number of halogens is 1. The van der Waals surface area contributed by atoms with Gasteiger partial charge in [-0.2, -0.15) is 0 Å². The molecule has 4 heteroatoms. The quantitative estimate of drug-likeness (QED) is 0.611. The number of carbonyl (C=O) groups is 1. The van der Waals surface area contributed by atoms with Gasteiger partial charge in [0.05, 0.1) is 13.2 Å². The molecule has 0 N–H and O–H groups in total. The molecular formula is C14H17IO3. The zero-order valence-corrected chi connectivity index (χ0v) is 12.6. The molecule has 1 heterocycles. The van der Waals surface area contributed by atoms with Gasteiger partial charge >= 0.3 is 0 Å². The first-order valence-corrected chi connectivity index (χ1v) is 7.27. The average molecular weight is 360 g/mol. The second kappa shape index (κ2) is 6.63. The van der Waals surface area contributed by atoms with Gasteiger partial charge in [0.2, 0.25) is 0 Å². The van der Waals surface area contributed by atoms with Gasteiger partial charge in [0.1, 0.15) is 0 Å². The van der Waals surface area contributed by atoms with Crippen LogP contribution in [-0.2, 0) is 9.47 Å². The molecule has 98 valence electrons. The lowest BCUT2D eigenvalue weighted by Gasteiger charge is -2.22. The van der Waals surface area contributed by atoms with E-state index in [1.165, 1.54) is 5.56 Å². The van der Waals surface area contributed by atoms with Crippen LogP contribution in [-0.4, -0.2) is 25.3 Å². The molecule has 1 saturated heterocycles. The van der Waals surface area contributed by atoms with Crippen LogP contribution in [0, 0.1) is 10.5 Å². The van der Waals surface area contributed by atoms with Crippen molar-refractivity contribution in [2.24, 2.45) is 0 Å². The van der Waals surface area contributed by atoms with Gasteiger partial charge in [0.15, 0.2) is 12.1 Å². The lowest BCUT2D eigenvalue weighted by Crippen LogP contribution is -2.25. The van der Waals surface area contributed by atoms with Crippen molar-refractivity contribution in [3.8, 4) is 0 Å². The highest BCUT2D eigenvalue weighted by molar-refractivity contribution is 14.1. The molecule has 1 aliphatic rings. The number of hydrogen-bond acceptors (Lipinski definition) is 3. The monoisotopic (exact) mass is 360 g/mol. The number of hydrogen-bond donors (Lipinski definition) is 0. The van der Waals surface area contributed by atoms with E-state index in [1.807, 2.05) is 25.1 Å². The zero-order valence-electron chi connectivity index (χ0n) is 10.4. The van der Waals surface area contributed by atoms with Gasteiger partial charge in [-0.05, 0) is 47.6 Å². The molecule has 0 radical (unpaired) electrons. The third kappa shape index (κ3) is 3.76. The number of carbonyl (C=O) groups excluding carboxylic acids is 1. The van der Waals surface area contributed by atoms with Gasteiger partial charge in [-0.25, -0.2) is 0 Å². The van der Waals surface area contributed by atoms with Crippen LogP contribution in [0.4, 0.5) is 0 Å². The van der Waals surface area contributed by atoms with Crippen molar-refractivity contribution in [3.63, 3.8) is 0 Å². The normalized spacial score (nSPS) is 16.8. The number of aryl methyl sites for hydroxylation is 1. The Labute approximate surface area is 121 Å². The Morgan fingerprint density at radius 3 is 2.78 bits per heavy atom. The van der Waals surface area contributed by atoms with E-state index in [4.69, 9.17) is 9.47 Å². The van der Waals surface area contributed by atoms with Crippen LogP contribution in [0.1, 0.15) is 35.2 Å². The van der Waals surface area contributed by atoms with Crippen LogP contribution in [0.25, 0.3) is 0 Å². The lowest BCUT2D eigenvalue weighted by molar-refractivity contribution is -0.180. The van der Waals surface area contributed by atoms with Crippen molar-refractivity contribution >= 4 is 28.4 Å². The van der Waals surface area contributed by atoms with Crippen LogP contribution in [0.15, 0.2) is 18.2 Å². The molecule has 1 aliphatic heterocycles. The summed E-state index contributed by atoms with van der Waals surface area (Å²) in [6.45, 7) is 3.52. The van der Waals surface area contributed by atoms with Crippen molar-refractivity contribution in [2.45, 2.75) is 32.5 Å². The number of ether oxygens (including phenoxy) is 2. The minimum absolute atomic E-state index is 0.158. The first kappa shape index (κ1) is 14.0. The zero-order chi connectivity index (χ0) is 13.0. The molecule has 0 saturated carbocycles. The minimum atomic E-state index is -0.202. The first-order chi connectivity index (χ1) is 8.66. The van der Waals surface area contributed by atoms with E-state index < -0.39 is 0 Å². The highest BCUT2D eigenvalue weighted by Gasteiger charge is 2.16. The van der Waals surface area contributed by atoms with Crippen molar-refractivity contribution in [2.75, 3.05) is 13.2 Å². The fraction of sp³-hybridized carbons (Fsp3) is 0.500. The Bertz CT molecular complexity index is 425. The van der Waals surface area contributed by atoms with E-state index in [0.717, 1.165) is 28.8 Å². The number of Topliss-reactive ketones (excluding diaryl/α,β-unsaturated/α-hetero) is 1. The topological polar surface area (TPSA) is 35.5 Å². The van der Waals surface area contributed by atoms with Crippen LogP contribution < -0.4 is 0 Å². The highest BCUT2D eigenvalue weighted by Crippen LogP contribution is 2.17. The van der Waals surface area contributed by atoms with Crippen molar-refractivity contribution in [1.82, 2.24) is 0 Å². The summed E-state index contributed by atoms with van der Waals surface area (Å²) >= 11 is 2.25. The maximum atomic E-state index is 12.0. The second-order valence-corrected chi connectivity index (χ2v) is 5.61. The maximum absolute atomic E-state index is 12.0. The Hall–Kier alpha value is -0.460. The predicted molar refractivity (Wildman–Crippen MR) is 77.8 cm³/mol. The standard InChI is InChI=1S/C14H17IO3/c1-10-3-4-11(9-12(10)15)13(16)5-6-14-17-7-2-8-18-14/h3-4,9,14H,2,5-8H2,1H3. The molecule has 1 aromatic rings. The molecule has 3 nitrogen and oxygen atoms in total. The Balaban J connectivity index is 1.88. The molecular weight excluding hydrogens is 343 g/mol. The molecule has 2 rings (SSSR count). The number of ketones is 1. The molecule has 1 aromatic carbocycles. The van der Waals surface area contributed by atoms with Gasteiger partial charge in [-0.1, -0.05) is 12.1 Å². The summed E-state index contributed by atoms with van der Waals surface area (Å²) in [5.41, 5.74) is 1.98. The van der Waals surface area contributed by atoms with E-state index in [1.54, 1.807) is 0 Å². The first-order valence-electron chi connectivity index (χ1n) is 6.19. The summed E-state index contributed by atoms with van der Waals surface area (Å²) in [4.78, 5) is 12.0. The fourth-order valence-electron chi connectivity index (χ4n) is 1.86. The molecule has 0 atom stereocenters. The molecule has 0 amide bonds. The molecule has 0 bridgehead atoms. The maximum Gasteiger partial charge on any atom is 0.163 e. The summed E-state index contributed by atoms with van der Waals surface area (Å²) in [7, 11) is 0. The van der Waals surface area contributed by atoms with Gasteiger partial charge in [-0.3, -0.25) is 4.79 Å². The SMILES string of the molecule is Cc1ccc(C(=O)CCC2OCCCO2)cc1I. The van der Waals surface area contributed by atoms with Gasteiger partial charge in [0.25, 0.3) is 0 Å². The number of rotatable bonds is 4. The van der Waals surface area contributed by atoms with E-state index in [0.29, 0.717) is 12.8 Å². The van der Waals surface area contributed by atoms with Crippen LogP contribution in [0.2, 0.25) is 0 Å². The Kier molecular flexibility index (Phi) is 5.14. The molecule has 0 aliphatic carbocycles. The Morgan fingerprint density at radius 2 is 2.11 bits per heavy atom. The Morgan fingerprint density at radius 1 is 1.39 bits per heavy atom. The summed E-state index contributed by atoms with van der Waals surface area (Å²) in [5, 5.41) is 0. The summed E-state index contributed by atoms with van der Waals surface area (Å²) in [6, 6.07) is 5.83. The predicted octanol–water partition coefficient (Wildman–Crippen LogP) is 3.33. The number of benzene rings is 1. The molecule has 0 spiro atoms. The smallest absolute Gasteiger partial charge is 0.163 e. The average Bonchev–Trinajstić information content (AvgIpc) is 2.40. The van der Waals surface area contributed by atoms with E-state index in [2.05, 4.69) is 22.6 Å². The summed E-state index contributed by atoms with van der Waals surface area (Å²) < 4.78 is 12.0. The fourth-order valence-corrected chi connectivity index (χ4v) is 2.38. The largest absolute Gasteiger partial charge is 0.353 e. The van der Waals surface area contributed by atoms with Crippen molar-refractivity contribution in [1.29, 1.82) is 0 Å². The van der Waals surface area contributed by atoms with Gasteiger partial charge < -0.3 is 9.47 Å².